The third-order valence-corrected chi connectivity index (χ3v) is 4.05. The molecule has 0 saturated carbocycles. The molecular formula is C13H11N3O3S. The minimum absolute atomic E-state index is 0.104. The van der Waals surface area contributed by atoms with Crippen molar-refractivity contribution in [2.45, 2.75) is 0 Å². The molecule has 1 aromatic heterocycles. The van der Waals surface area contributed by atoms with Gasteiger partial charge in [0.1, 0.15) is 0 Å². The van der Waals surface area contributed by atoms with E-state index in [0.29, 0.717) is 4.91 Å². The van der Waals surface area contributed by atoms with Crippen molar-refractivity contribution in [3.63, 3.8) is 0 Å². The van der Waals surface area contributed by atoms with Crippen LogP contribution in [-0.4, -0.2) is 20.3 Å². The number of carbonyl (C=O) groups excluding carboxylic acids is 2. The van der Waals surface area contributed by atoms with E-state index in [2.05, 4.69) is 5.32 Å². The van der Waals surface area contributed by atoms with Gasteiger partial charge in [-0.1, -0.05) is 6.07 Å². The van der Waals surface area contributed by atoms with Gasteiger partial charge in [-0.05, 0) is 35.5 Å². The zero-order valence-corrected chi connectivity index (χ0v) is 11.7. The van der Waals surface area contributed by atoms with Crippen molar-refractivity contribution in [3.8, 4) is 0 Å². The van der Waals surface area contributed by atoms with Crippen molar-refractivity contribution >= 4 is 40.0 Å². The molecule has 1 aliphatic rings. The molecule has 1 fully saturated rings. The number of imide groups is 1. The summed E-state index contributed by atoms with van der Waals surface area (Å²) in [5.41, 5.74) is 2.26. The number of hydrogen-bond acceptors (Lipinski definition) is 4. The molecule has 20 heavy (non-hydrogen) atoms. The van der Waals surface area contributed by atoms with E-state index in [0.717, 1.165) is 28.4 Å². The first-order chi connectivity index (χ1) is 9.47. The number of rotatable bonds is 1. The van der Waals surface area contributed by atoms with Crippen molar-refractivity contribution in [1.29, 1.82) is 0 Å². The molecule has 0 unspecified atom stereocenters. The summed E-state index contributed by atoms with van der Waals surface area (Å²) in [5, 5.41) is 1.84. The normalized spacial score (nSPS) is 17.2. The molecule has 0 aliphatic carbocycles. The first-order valence-electron chi connectivity index (χ1n) is 5.87. The highest BCUT2D eigenvalue weighted by Gasteiger charge is 2.24. The second-order valence-electron chi connectivity index (χ2n) is 4.50. The van der Waals surface area contributed by atoms with E-state index in [1.54, 1.807) is 29.3 Å². The number of thioether (sulfide) groups is 1. The molecule has 1 N–H and O–H groups in total. The molecule has 1 aromatic carbocycles. The van der Waals surface area contributed by atoms with Crippen molar-refractivity contribution < 1.29 is 9.59 Å². The molecule has 3 rings (SSSR count). The maximum absolute atomic E-state index is 11.8. The van der Waals surface area contributed by atoms with Crippen LogP contribution in [0.15, 0.2) is 27.9 Å². The van der Waals surface area contributed by atoms with Gasteiger partial charge in [-0.25, -0.2) is 4.79 Å². The zero-order chi connectivity index (χ0) is 14.4. The fourth-order valence-electron chi connectivity index (χ4n) is 2.19. The number of imidazole rings is 1. The van der Waals surface area contributed by atoms with Gasteiger partial charge < -0.3 is 0 Å². The average molecular weight is 289 g/mol. The van der Waals surface area contributed by atoms with Crippen LogP contribution in [0.4, 0.5) is 4.79 Å². The molecule has 0 radical (unpaired) electrons. The molecule has 102 valence electrons. The average Bonchev–Trinajstić information content (AvgIpc) is 2.83. The van der Waals surface area contributed by atoms with E-state index in [-0.39, 0.29) is 16.8 Å². The van der Waals surface area contributed by atoms with Crippen LogP contribution in [0.1, 0.15) is 5.56 Å². The van der Waals surface area contributed by atoms with Gasteiger partial charge in [0.05, 0.1) is 15.9 Å². The van der Waals surface area contributed by atoms with Crippen molar-refractivity contribution in [2.24, 2.45) is 14.1 Å². The molecule has 0 bridgehead atoms. The summed E-state index contributed by atoms with van der Waals surface area (Å²) >= 11 is 0.874. The lowest BCUT2D eigenvalue weighted by atomic mass is 10.2. The quantitative estimate of drug-likeness (QED) is 0.801. The number of amides is 2. The molecule has 2 amide bonds. The highest BCUT2D eigenvalue weighted by molar-refractivity contribution is 8.18. The summed E-state index contributed by atoms with van der Waals surface area (Å²) in [6.45, 7) is 0. The Balaban J connectivity index is 2.13. The summed E-state index contributed by atoms with van der Waals surface area (Å²) < 4.78 is 3.11. The van der Waals surface area contributed by atoms with Crippen LogP contribution in [0.25, 0.3) is 17.1 Å². The molecule has 6 nitrogen and oxygen atoms in total. The third kappa shape index (κ3) is 1.87. The Kier molecular flexibility index (Phi) is 2.79. The van der Waals surface area contributed by atoms with E-state index in [9.17, 15) is 14.4 Å². The Morgan fingerprint density at radius 2 is 1.80 bits per heavy atom. The van der Waals surface area contributed by atoms with Crippen molar-refractivity contribution in [2.75, 3.05) is 0 Å². The lowest BCUT2D eigenvalue weighted by molar-refractivity contribution is -0.115. The minimum Gasteiger partial charge on any atom is -0.295 e. The summed E-state index contributed by atoms with van der Waals surface area (Å²) in [7, 11) is 3.41. The van der Waals surface area contributed by atoms with E-state index < -0.39 is 0 Å². The minimum atomic E-state index is -0.387. The third-order valence-electron chi connectivity index (χ3n) is 3.24. The number of carbonyl (C=O) groups is 2. The van der Waals surface area contributed by atoms with Crippen LogP contribution in [0.2, 0.25) is 0 Å². The lowest BCUT2D eigenvalue weighted by Gasteiger charge is -1.98. The summed E-state index contributed by atoms with van der Waals surface area (Å²) in [6.07, 6.45) is 1.64. The largest absolute Gasteiger partial charge is 0.328 e. The van der Waals surface area contributed by atoms with Gasteiger partial charge >= 0.3 is 5.69 Å². The maximum atomic E-state index is 11.8. The van der Waals surface area contributed by atoms with Gasteiger partial charge in [0.15, 0.2) is 0 Å². The second kappa shape index (κ2) is 4.38. The number of benzene rings is 1. The Bertz CT molecular complexity index is 844. The first-order valence-corrected chi connectivity index (χ1v) is 6.69. The van der Waals surface area contributed by atoms with Crippen LogP contribution in [-0.2, 0) is 18.9 Å². The first kappa shape index (κ1) is 12.7. The monoisotopic (exact) mass is 289 g/mol. The van der Waals surface area contributed by atoms with E-state index in [4.69, 9.17) is 0 Å². The number of hydrogen-bond donors (Lipinski definition) is 1. The predicted octanol–water partition coefficient (Wildman–Crippen LogP) is 1.20. The summed E-state index contributed by atoms with van der Waals surface area (Å²) in [4.78, 5) is 34.8. The van der Waals surface area contributed by atoms with Gasteiger partial charge in [-0.15, -0.1) is 0 Å². The molecule has 7 heteroatoms. The number of aryl methyl sites for hydroxylation is 2. The fraction of sp³-hybridized carbons (Fsp3) is 0.154. The van der Waals surface area contributed by atoms with Crippen LogP contribution < -0.4 is 11.0 Å². The number of aromatic nitrogens is 2. The van der Waals surface area contributed by atoms with Gasteiger partial charge in [-0.2, -0.15) is 0 Å². The Labute approximate surface area is 118 Å². The Morgan fingerprint density at radius 3 is 2.45 bits per heavy atom. The Morgan fingerprint density at radius 1 is 1.10 bits per heavy atom. The molecule has 1 saturated heterocycles. The van der Waals surface area contributed by atoms with Crippen molar-refractivity contribution in [1.82, 2.24) is 14.5 Å². The standard InChI is InChI=1S/C13H11N3O3S/c1-15-8-4-3-7(5-9(8)16(2)13(15)19)6-10-11(17)14-12(18)20-10/h3-6H,1-2H3,(H,14,17,18)/b10-6+. The van der Waals surface area contributed by atoms with E-state index in [1.165, 1.54) is 0 Å². The SMILES string of the molecule is Cn1c(=O)n(C)c2cc(/C=C3/SC(=O)NC3=O)ccc21. The second-order valence-corrected chi connectivity index (χ2v) is 5.52. The highest BCUT2D eigenvalue weighted by Crippen LogP contribution is 2.26. The molecule has 2 heterocycles. The van der Waals surface area contributed by atoms with Gasteiger partial charge in [-0.3, -0.25) is 24.0 Å². The molecular weight excluding hydrogens is 278 g/mol. The summed E-state index contributed by atoms with van der Waals surface area (Å²) in [5.74, 6) is -0.387. The van der Waals surface area contributed by atoms with E-state index >= 15 is 0 Å². The lowest BCUT2D eigenvalue weighted by Crippen LogP contribution is -2.19. The van der Waals surface area contributed by atoms with Crippen LogP contribution >= 0.6 is 11.8 Å². The van der Waals surface area contributed by atoms with Crippen LogP contribution in [0.5, 0.6) is 0 Å². The highest BCUT2D eigenvalue weighted by atomic mass is 32.2. The summed E-state index contributed by atoms with van der Waals surface area (Å²) in [6, 6.07) is 5.45. The van der Waals surface area contributed by atoms with Crippen LogP contribution in [0, 0.1) is 0 Å². The number of nitrogens with one attached hydrogen (secondary N) is 1. The molecule has 2 aromatic rings. The van der Waals surface area contributed by atoms with Gasteiger partial charge in [0, 0.05) is 14.1 Å². The van der Waals surface area contributed by atoms with Crippen LogP contribution in [0.3, 0.4) is 0 Å². The smallest absolute Gasteiger partial charge is 0.295 e. The zero-order valence-electron chi connectivity index (χ0n) is 10.8. The van der Waals surface area contributed by atoms with Crippen molar-refractivity contribution in [3.05, 3.63) is 39.2 Å². The fourth-order valence-corrected chi connectivity index (χ4v) is 2.87. The molecule has 0 spiro atoms. The predicted molar refractivity (Wildman–Crippen MR) is 77.3 cm³/mol. The van der Waals surface area contributed by atoms with Gasteiger partial charge in [0.25, 0.3) is 11.1 Å². The Hall–Kier alpha value is -2.28. The molecule has 1 aliphatic heterocycles. The maximum Gasteiger partial charge on any atom is 0.328 e. The van der Waals surface area contributed by atoms with Gasteiger partial charge in [0.2, 0.25) is 0 Å². The number of fused-ring (bicyclic) bond motifs is 1. The number of nitrogens with zero attached hydrogens (tertiary/aromatic N) is 2. The topological polar surface area (TPSA) is 73.1 Å². The molecule has 0 atom stereocenters. The van der Waals surface area contributed by atoms with E-state index in [1.807, 2.05) is 18.2 Å².